The number of amides is 1. The first-order valence-corrected chi connectivity index (χ1v) is 8.17. The molecule has 1 amide bonds. The summed E-state index contributed by atoms with van der Waals surface area (Å²) in [4.78, 5) is 16.1. The molecule has 0 aliphatic heterocycles. The lowest BCUT2D eigenvalue weighted by atomic mass is 10.1. The number of aromatic nitrogens is 1. The Hall–Kier alpha value is -1.78. The van der Waals surface area contributed by atoms with Crippen LogP contribution >= 0.6 is 23.2 Å². The number of rotatable bonds is 6. The summed E-state index contributed by atoms with van der Waals surface area (Å²) >= 11 is 11.9. The molecule has 0 saturated carbocycles. The minimum Gasteiger partial charge on any atom is -0.354 e. The topological polar surface area (TPSA) is 54.0 Å². The highest BCUT2D eigenvalue weighted by molar-refractivity contribution is 6.42. The molecule has 2 N–H and O–H groups in total. The van der Waals surface area contributed by atoms with Crippen molar-refractivity contribution in [2.75, 3.05) is 11.9 Å². The highest BCUT2D eigenvalue weighted by atomic mass is 35.5. The minimum atomic E-state index is -0.160. The van der Waals surface area contributed by atoms with Crippen molar-refractivity contribution in [2.45, 2.75) is 20.3 Å². The smallest absolute Gasteiger partial charge is 0.269 e. The number of hydrogen-bond donors (Lipinski definition) is 2. The maximum atomic E-state index is 12.0. The molecule has 0 spiro atoms. The van der Waals surface area contributed by atoms with Crippen molar-refractivity contribution >= 4 is 40.5 Å². The molecule has 0 unspecified atom stereocenters. The number of carbonyl (C=O) groups is 1. The van der Waals surface area contributed by atoms with Gasteiger partial charge in [0, 0.05) is 12.2 Å². The van der Waals surface area contributed by atoms with Crippen molar-refractivity contribution in [3.63, 3.8) is 0 Å². The summed E-state index contributed by atoms with van der Waals surface area (Å²) < 4.78 is 0. The van der Waals surface area contributed by atoms with E-state index >= 15 is 0 Å². The molecule has 0 aliphatic rings. The lowest BCUT2D eigenvalue weighted by Gasteiger charge is -2.09. The van der Waals surface area contributed by atoms with E-state index < -0.39 is 0 Å². The predicted octanol–water partition coefficient (Wildman–Crippen LogP) is 4.91. The fraction of sp³-hybridized carbons (Fsp3) is 0.294. The Labute approximate surface area is 146 Å². The fourth-order valence-corrected chi connectivity index (χ4v) is 2.21. The Morgan fingerprint density at radius 1 is 1.13 bits per heavy atom. The van der Waals surface area contributed by atoms with Gasteiger partial charge in [-0.25, -0.2) is 4.98 Å². The molecule has 2 aromatic rings. The van der Waals surface area contributed by atoms with Gasteiger partial charge < -0.3 is 10.6 Å². The van der Waals surface area contributed by atoms with E-state index in [4.69, 9.17) is 23.2 Å². The molecule has 2 rings (SSSR count). The van der Waals surface area contributed by atoms with Gasteiger partial charge in [-0.05, 0) is 42.7 Å². The Morgan fingerprint density at radius 2 is 1.87 bits per heavy atom. The zero-order valence-electron chi connectivity index (χ0n) is 13.1. The molecule has 0 atom stereocenters. The summed E-state index contributed by atoms with van der Waals surface area (Å²) in [5.41, 5.74) is 1.96. The lowest BCUT2D eigenvalue weighted by molar-refractivity contribution is 0.0947. The number of nitrogens with zero attached hydrogens (tertiary/aromatic N) is 1. The summed E-state index contributed by atoms with van der Waals surface area (Å²) in [6.07, 6.45) is 2.56. The molecule has 6 heteroatoms. The summed E-state index contributed by atoms with van der Waals surface area (Å²) in [5.74, 6) is 0.396. The summed E-state index contributed by atoms with van der Waals surface area (Å²) in [6, 6.07) is 8.75. The third-order valence-electron chi connectivity index (χ3n) is 3.21. The van der Waals surface area contributed by atoms with Gasteiger partial charge in [-0.2, -0.15) is 0 Å². The predicted molar refractivity (Wildman–Crippen MR) is 95.8 cm³/mol. The van der Waals surface area contributed by atoms with E-state index in [0.29, 0.717) is 28.2 Å². The molecule has 0 radical (unpaired) electrons. The van der Waals surface area contributed by atoms with Crippen LogP contribution < -0.4 is 10.6 Å². The van der Waals surface area contributed by atoms with E-state index in [0.717, 1.165) is 17.8 Å². The number of benzene rings is 1. The van der Waals surface area contributed by atoms with Gasteiger partial charge in [0.05, 0.1) is 21.9 Å². The van der Waals surface area contributed by atoms with Crippen LogP contribution in [0.5, 0.6) is 0 Å². The standard InChI is InChI=1S/C17H19Cl2N3O/c1-11(2)7-8-20-17(23)16-6-4-13(10-21-16)22-12-3-5-14(18)15(19)9-12/h3-6,9-11,22H,7-8H2,1-2H3,(H,20,23). The van der Waals surface area contributed by atoms with Gasteiger partial charge in [0.1, 0.15) is 5.69 Å². The van der Waals surface area contributed by atoms with Gasteiger partial charge in [-0.15, -0.1) is 0 Å². The van der Waals surface area contributed by atoms with Crippen LogP contribution in [0.2, 0.25) is 10.0 Å². The second-order valence-corrected chi connectivity index (χ2v) is 6.44. The molecule has 0 saturated heterocycles. The first-order chi connectivity index (χ1) is 11.0. The van der Waals surface area contributed by atoms with E-state index in [-0.39, 0.29) is 5.91 Å². The zero-order valence-corrected chi connectivity index (χ0v) is 14.6. The number of halogens is 2. The molecule has 23 heavy (non-hydrogen) atoms. The number of nitrogens with one attached hydrogen (secondary N) is 2. The van der Waals surface area contributed by atoms with Gasteiger partial charge in [0.2, 0.25) is 0 Å². The Morgan fingerprint density at radius 3 is 2.48 bits per heavy atom. The minimum absolute atomic E-state index is 0.160. The van der Waals surface area contributed by atoms with E-state index in [1.807, 2.05) is 6.07 Å². The van der Waals surface area contributed by atoms with E-state index in [1.165, 1.54) is 0 Å². The second-order valence-electron chi connectivity index (χ2n) is 5.62. The second kappa shape index (κ2) is 8.18. The van der Waals surface area contributed by atoms with E-state index in [1.54, 1.807) is 30.5 Å². The number of hydrogen-bond acceptors (Lipinski definition) is 3. The largest absolute Gasteiger partial charge is 0.354 e. The first kappa shape index (κ1) is 17.6. The van der Waals surface area contributed by atoms with Crippen molar-refractivity contribution in [2.24, 2.45) is 5.92 Å². The fourth-order valence-electron chi connectivity index (χ4n) is 1.91. The molecular formula is C17H19Cl2N3O. The average molecular weight is 352 g/mol. The molecule has 1 heterocycles. The van der Waals surface area contributed by atoms with Gasteiger partial charge in [-0.1, -0.05) is 37.0 Å². The Balaban J connectivity index is 1.96. The highest BCUT2D eigenvalue weighted by Gasteiger charge is 2.07. The van der Waals surface area contributed by atoms with Crippen molar-refractivity contribution in [3.8, 4) is 0 Å². The van der Waals surface area contributed by atoms with Gasteiger partial charge in [-0.3, -0.25) is 4.79 Å². The van der Waals surface area contributed by atoms with Crippen LogP contribution in [0.3, 0.4) is 0 Å². The molecule has 4 nitrogen and oxygen atoms in total. The molecule has 1 aromatic carbocycles. The third kappa shape index (κ3) is 5.41. The molecule has 1 aromatic heterocycles. The van der Waals surface area contributed by atoms with Crippen LogP contribution in [0.1, 0.15) is 30.8 Å². The van der Waals surface area contributed by atoms with Crippen LogP contribution in [-0.4, -0.2) is 17.4 Å². The molecule has 0 fully saturated rings. The van der Waals surface area contributed by atoms with Crippen LogP contribution in [0.4, 0.5) is 11.4 Å². The van der Waals surface area contributed by atoms with Gasteiger partial charge in [0.15, 0.2) is 0 Å². The highest BCUT2D eigenvalue weighted by Crippen LogP contribution is 2.26. The maximum Gasteiger partial charge on any atom is 0.269 e. The number of anilines is 2. The van der Waals surface area contributed by atoms with Gasteiger partial charge in [0.25, 0.3) is 5.91 Å². The number of carbonyl (C=O) groups excluding carboxylic acids is 1. The maximum absolute atomic E-state index is 12.0. The molecular weight excluding hydrogens is 333 g/mol. The van der Waals surface area contributed by atoms with Crippen LogP contribution in [0, 0.1) is 5.92 Å². The summed E-state index contributed by atoms with van der Waals surface area (Å²) in [6.45, 7) is 4.89. The van der Waals surface area contributed by atoms with Crippen molar-refractivity contribution in [1.29, 1.82) is 0 Å². The normalized spacial score (nSPS) is 10.7. The van der Waals surface area contributed by atoms with Gasteiger partial charge >= 0.3 is 0 Å². The van der Waals surface area contributed by atoms with Crippen molar-refractivity contribution in [3.05, 3.63) is 52.3 Å². The number of pyridine rings is 1. The molecule has 122 valence electrons. The zero-order chi connectivity index (χ0) is 16.8. The molecule has 0 bridgehead atoms. The van der Waals surface area contributed by atoms with Crippen molar-refractivity contribution < 1.29 is 4.79 Å². The van der Waals surface area contributed by atoms with Crippen LogP contribution in [0.25, 0.3) is 0 Å². The van der Waals surface area contributed by atoms with Crippen LogP contribution in [0.15, 0.2) is 36.5 Å². The van der Waals surface area contributed by atoms with E-state index in [2.05, 4.69) is 29.5 Å². The lowest BCUT2D eigenvalue weighted by Crippen LogP contribution is -2.26. The van der Waals surface area contributed by atoms with E-state index in [9.17, 15) is 4.79 Å². The quantitative estimate of drug-likeness (QED) is 0.777. The summed E-state index contributed by atoms with van der Waals surface area (Å²) in [5, 5.41) is 7.00. The average Bonchev–Trinajstić information content (AvgIpc) is 2.51. The third-order valence-corrected chi connectivity index (χ3v) is 3.95. The first-order valence-electron chi connectivity index (χ1n) is 7.42. The Kier molecular flexibility index (Phi) is 6.25. The Bertz CT molecular complexity index is 672. The van der Waals surface area contributed by atoms with Crippen molar-refractivity contribution in [1.82, 2.24) is 10.3 Å². The monoisotopic (exact) mass is 351 g/mol. The summed E-state index contributed by atoms with van der Waals surface area (Å²) in [7, 11) is 0. The molecule has 0 aliphatic carbocycles. The SMILES string of the molecule is CC(C)CCNC(=O)c1ccc(Nc2ccc(Cl)c(Cl)c2)cn1. The van der Waals surface area contributed by atoms with Crippen LogP contribution in [-0.2, 0) is 0 Å².